The highest BCUT2D eigenvalue weighted by atomic mass is 19.4. The van der Waals surface area contributed by atoms with E-state index in [1.807, 2.05) is 0 Å². The molecule has 0 saturated heterocycles. The number of aryl methyl sites for hydroxylation is 1. The van der Waals surface area contributed by atoms with Gasteiger partial charge in [0.15, 0.2) is 18.1 Å². The number of aliphatic carboxylic acids is 1. The second-order valence-corrected chi connectivity index (χ2v) is 5.02. The van der Waals surface area contributed by atoms with Crippen molar-refractivity contribution in [3.63, 3.8) is 0 Å². The molecule has 1 aromatic rings. The van der Waals surface area contributed by atoms with Gasteiger partial charge < -0.3 is 19.9 Å². The molecular weight excluding hydrogens is 331 g/mol. The number of carbonyl (C=O) groups excluding carboxylic acids is 1. The lowest BCUT2D eigenvalue weighted by atomic mass is 10.1. The van der Waals surface area contributed by atoms with Crippen molar-refractivity contribution in [3.05, 3.63) is 23.8 Å². The molecule has 0 bridgehead atoms. The standard InChI is InChI=1S/C15H18F3NO5/c1-9(14(21)22)19-13(20)6-4-10-3-5-11(12(7-10)23-2)24-8-15(16,17)18/h3,5,7,9H,4,6,8H2,1-2H3,(H,19,20)(H,21,22)/t9-/m1/s1. The number of halogens is 3. The molecule has 24 heavy (non-hydrogen) atoms. The van der Waals surface area contributed by atoms with E-state index in [0.717, 1.165) is 0 Å². The Morgan fingerprint density at radius 2 is 1.96 bits per heavy atom. The first-order valence-corrected chi connectivity index (χ1v) is 7.01. The van der Waals surface area contributed by atoms with Gasteiger partial charge in [0.25, 0.3) is 0 Å². The zero-order chi connectivity index (χ0) is 18.3. The van der Waals surface area contributed by atoms with E-state index in [0.29, 0.717) is 5.56 Å². The van der Waals surface area contributed by atoms with E-state index in [9.17, 15) is 22.8 Å². The Labute approximate surface area is 136 Å². The number of carboxylic acid groups (broad SMARTS) is 1. The molecule has 0 aliphatic heterocycles. The summed E-state index contributed by atoms with van der Waals surface area (Å²) in [4.78, 5) is 22.2. The first-order valence-electron chi connectivity index (χ1n) is 7.01. The largest absolute Gasteiger partial charge is 0.493 e. The molecule has 0 aromatic heterocycles. The Kier molecular flexibility index (Phi) is 6.87. The molecule has 134 valence electrons. The Morgan fingerprint density at radius 3 is 2.50 bits per heavy atom. The van der Waals surface area contributed by atoms with Gasteiger partial charge in [-0.05, 0) is 31.0 Å². The van der Waals surface area contributed by atoms with E-state index in [4.69, 9.17) is 9.84 Å². The quantitative estimate of drug-likeness (QED) is 0.751. The number of rotatable bonds is 8. The molecule has 1 amide bonds. The average Bonchev–Trinajstić information content (AvgIpc) is 2.50. The van der Waals surface area contributed by atoms with Gasteiger partial charge in [0, 0.05) is 6.42 Å². The minimum Gasteiger partial charge on any atom is -0.493 e. The van der Waals surface area contributed by atoms with E-state index >= 15 is 0 Å². The van der Waals surface area contributed by atoms with Crippen LogP contribution in [0.3, 0.4) is 0 Å². The molecule has 9 heteroatoms. The van der Waals surface area contributed by atoms with Crippen LogP contribution in [0, 0.1) is 0 Å². The fraction of sp³-hybridized carbons (Fsp3) is 0.467. The first kappa shape index (κ1) is 19.6. The van der Waals surface area contributed by atoms with Gasteiger partial charge in [-0.15, -0.1) is 0 Å². The number of alkyl halides is 3. The minimum absolute atomic E-state index is 0.0313. The second kappa shape index (κ2) is 8.42. The zero-order valence-electron chi connectivity index (χ0n) is 13.1. The highest BCUT2D eigenvalue weighted by molar-refractivity contribution is 5.83. The molecule has 1 rings (SSSR count). The van der Waals surface area contributed by atoms with Gasteiger partial charge in [-0.25, -0.2) is 0 Å². The molecule has 0 spiro atoms. The Morgan fingerprint density at radius 1 is 1.29 bits per heavy atom. The van der Waals surface area contributed by atoms with Crippen molar-refractivity contribution < 1.29 is 37.3 Å². The molecule has 0 aliphatic rings. The van der Waals surface area contributed by atoms with Gasteiger partial charge in [-0.3, -0.25) is 9.59 Å². The summed E-state index contributed by atoms with van der Waals surface area (Å²) >= 11 is 0. The van der Waals surface area contributed by atoms with Crippen LogP contribution < -0.4 is 14.8 Å². The molecule has 1 atom stereocenters. The lowest BCUT2D eigenvalue weighted by Crippen LogP contribution is -2.38. The van der Waals surface area contributed by atoms with E-state index in [1.165, 1.54) is 32.2 Å². The highest BCUT2D eigenvalue weighted by Crippen LogP contribution is 2.30. The molecule has 0 radical (unpaired) electrons. The third-order valence-corrected chi connectivity index (χ3v) is 3.01. The summed E-state index contributed by atoms with van der Waals surface area (Å²) in [5.74, 6) is -1.52. The van der Waals surface area contributed by atoms with E-state index < -0.39 is 30.7 Å². The fourth-order valence-corrected chi connectivity index (χ4v) is 1.78. The first-order chi connectivity index (χ1) is 11.1. The van der Waals surface area contributed by atoms with Crippen LogP contribution in [0.4, 0.5) is 13.2 Å². The molecule has 0 saturated carbocycles. The number of methoxy groups -OCH3 is 1. The fourth-order valence-electron chi connectivity index (χ4n) is 1.78. The van der Waals surface area contributed by atoms with Gasteiger partial charge in [0.2, 0.25) is 5.91 Å². The van der Waals surface area contributed by atoms with Crippen LogP contribution in [0.1, 0.15) is 18.9 Å². The van der Waals surface area contributed by atoms with Crippen molar-refractivity contribution in [3.8, 4) is 11.5 Å². The number of benzene rings is 1. The maximum absolute atomic E-state index is 12.2. The van der Waals surface area contributed by atoms with Gasteiger partial charge >= 0.3 is 12.1 Å². The van der Waals surface area contributed by atoms with Crippen molar-refractivity contribution in [1.29, 1.82) is 0 Å². The second-order valence-electron chi connectivity index (χ2n) is 5.02. The maximum atomic E-state index is 12.2. The normalized spacial score (nSPS) is 12.4. The summed E-state index contributed by atoms with van der Waals surface area (Å²) < 4.78 is 46.2. The summed E-state index contributed by atoms with van der Waals surface area (Å²) in [5.41, 5.74) is 0.643. The number of hydrogen-bond acceptors (Lipinski definition) is 4. The predicted molar refractivity (Wildman–Crippen MR) is 78.1 cm³/mol. The van der Waals surface area contributed by atoms with Crippen LogP contribution in [-0.4, -0.2) is 42.9 Å². The van der Waals surface area contributed by atoms with Crippen LogP contribution in [0.2, 0.25) is 0 Å². The zero-order valence-corrected chi connectivity index (χ0v) is 13.1. The van der Waals surface area contributed by atoms with Gasteiger partial charge in [0.1, 0.15) is 6.04 Å². The highest BCUT2D eigenvalue weighted by Gasteiger charge is 2.29. The molecular formula is C15H18F3NO5. The Balaban J connectivity index is 2.64. The van der Waals surface area contributed by atoms with Crippen molar-refractivity contribution in [1.82, 2.24) is 5.32 Å². The number of carboxylic acids is 1. The van der Waals surface area contributed by atoms with Crippen LogP contribution in [0.25, 0.3) is 0 Å². The number of hydrogen-bond donors (Lipinski definition) is 2. The lowest BCUT2D eigenvalue weighted by molar-refractivity contribution is -0.153. The van der Waals surface area contributed by atoms with Gasteiger partial charge in [0.05, 0.1) is 7.11 Å². The van der Waals surface area contributed by atoms with Crippen molar-refractivity contribution in [2.45, 2.75) is 32.0 Å². The molecule has 1 aromatic carbocycles. The van der Waals surface area contributed by atoms with Crippen molar-refractivity contribution in [2.75, 3.05) is 13.7 Å². The monoisotopic (exact) mass is 349 g/mol. The summed E-state index contributed by atoms with van der Waals surface area (Å²) in [7, 11) is 1.29. The van der Waals surface area contributed by atoms with Gasteiger partial charge in [-0.1, -0.05) is 6.07 Å². The molecule has 0 unspecified atom stereocenters. The van der Waals surface area contributed by atoms with Crippen LogP contribution in [-0.2, 0) is 16.0 Å². The third kappa shape index (κ3) is 6.76. The van der Waals surface area contributed by atoms with E-state index in [2.05, 4.69) is 10.1 Å². The number of carbonyl (C=O) groups is 2. The number of ether oxygens (including phenoxy) is 2. The average molecular weight is 349 g/mol. The number of nitrogens with one attached hydrogen (secondary N) is 1. The third-order valence-electron chi connectivity index (χ3n) is 3.01. The summed E-state index contributed by atoms with van der Waals surface area (Å²) in [5, 5.41) is 11.0. The predicted octanol–water partition coefficient (Wildman–Crippen LogP) is 2.16. The van der Waals surface area contributed by atoms with E-state index in [1.54, 1.807) is 0 Å². The topological polar surface area (TPSA) is 84.9 Å². The van der Waals surface area contributed by atoms with Crippen LogP contribution in [0.5, 0.6) is 11.5 Å². The number of amides is 1. The summed E-state index contributed by atoms with van der Waals surface area (Å²) in [6.07, 6.45) is -4.15. The van der Waals surface area contributed by atoms with E-state index in [-0.39, 0.29) is 24.3 Å². The Bertz CT molecular complexity index is 589. The Hall–Kier alpha value is -2.45. The SMILES string of the molecule is COc1cc(CCC(=O)N[C@H](C)C(=O)O)ccc1OCC(F)(F)F. The smallest absolute Gasteiger partial charge is 0.422 e. The maximum Gasteiger partial charge on any atom is 0.422 e. The van der Waals surface area contributed by atoms with Crippen molar-refractivity contribution >= 4 is 11.9 Å². The van der Waals surface area contributed by atoms with Crippen LogP contribution >= 0.6 is 0 Å². The molecule has 6 nitrogen and oxygen atoms in total. The molecule has 0 aliphatic carbocycles. The van der Waals surface area contributed by atoms with Crippen molar-refractivity contribution in [2.24, 2.45) is 0 Å². The molecule has 0 heterocycles. The summed E-state index contributed by atoms with van der Waals surface area (Å²) in [6.45, 7) is -0.0891. The lowest BCUT2D eigenvalue weighted by Gasteiger charge is -2.14. The van der Waals surface area contributed by atoms with Gasteiger partial charge in [-0.2, -0.15) is 13.2 Å². The molecule has 2 N–H and O–H groups in total. The summed E-state index contributed by atoms with van der Waals surface area (Å²) in [6, 6.07) is 3.32. The van der Waals surface area contributed by atoms with Crippen LogP contribution in [0.15, 0.2) is 18.2 Å². The minimum atomic E-state index is -4.46. The molecule has 0 fully saturated rings.